The van der Waals surface area contributed by atoms with Crippen molar-refractivity contribution in [2.24, 2.45) is 0 Å². The van der Waals surface area contributed by atoms with Crippen molar-refractivity contribution in [2.75, 3.05) is 0 Å². The Bertz CT molecular complexity index is 364. The molecule has 1 aromatic rings. The first kappa shape index (κ1) is 14.2. The van der Waals surface area contributed by atoms with E-state index in [4.69, 9.17) is 0 Å². The standard InChI is InChI=1S/C16H25F/c1-6-12(4)13-10-9-11-14(15(13)17)16(5,7-2)8-3/h9-12H,6-8H2,1-5H3. The normalized spacial score (nSPS) is 13.8. The molecule has 0 nitrogen and oxygen atoms in total. The predicted octanol–water partition coefficient (Wildman–Crippen LogP) is 5.42. The molecule has 1 heteroatoms. The molecule has 17 heavy (non-hydrogen) atoms. The van der Waals surface area contributed by atoms with Gasteiger partial charge < -0.3 is 0 Å². The van der Waals surface area contributed by atoms with Gasteiger partial charge in [0.15, 0.2) is 0 Å². The van der Waals surface area contributed by atoms with Gasteiger partial charge in [0.1, 0.15) is 5.82 Å². The second-order valence-electron chi connectivity index (χ2n) is 5.29. The van der Waals surface area contributed by atoms with Gasteiger partial charge >= 0.3 is 0 Å². The van der Waals surface area contributed by atoms with Crippen LogP contribution in [0.15, 0.2) is 18.2 Å². The number of hydrogen-bond donors (Lipinski definition) is 0. The SMILES string of the molecule is CCC(C)c1cccc(C(C)(CC)CC)c1F. The molecular formula is C16H25F. The Morgan fingerprint density at radius 3 is 2.24 bits per heavy atom. The predicted molar refractivity (Wildman–Crippen MR) is 73.0 cm³/mol. The van der Waals surface area contributed by atoms with Gasteiger partial charge in [-0.05, 0) is 41.7 Å². The smallest absolute Gasteiger partial charge is 0.130 e. The zero-order valence-corrected chi connectivity index (χ0v) is 11.8. The molecule has 0 aliphatic heterocycles. The topological polar surface area (TPSA) is 0 Å². The van der Waals surface area contributed by atoms with Crippen LogP contribution in [-0.2, 0) is 5.41 Å². The van der Waals surface area contributed by atoms with Gasteiger partial charge in [-0.1, -0.05) is 52.8 Å². The molecule has 0 aliphatic rings. The van der Waals surface area contributed by atoms with E-state index in [2.05, 4.69) is 34.6 Å². The van der Waals surface area contributed by atoms with E-state index in [1.165, 1.54) is 0 Å². The highest BCUT2D eigenvalue weighted by Crippen LogP contribution is 2.35. The minimum absolute atomic E-state index is 0.0213. The molecule has 0 bridgehead atoms. The number of halogens is 1. The first-order chi connectivity index (χ1) is 8.00. The Kier molecular flexibility index (Phi) is 4.73. The summed E-state index contributed by atoms with van der Waals surface area (Å²) in [5.74, 6) is 0.320. The Morgan fingerprint density at radius 1 is 1.18 bits per heavy atom. The maximum atomic E-state index is 14.6. The van der Waals surface area contributed by atoms with Gasteiger partial charge in [0, 0.05) is 0 Å². The minimum Gasteiger partial charge on any atom is -0.206 e. The molecule has 0 aromatic heterocycles. The highest BCUT2D eigenvalue weighted by molar-refractivity contribution is 5.33. The van der Waals surface area contributed by atoms with Crippen molar-refractivity contribution < 1.29 is 4.39 Å². The van der Waals surface area contributed by atoms with Gasteiger partial charge in [0.25, 0.3) is 0 Å². The van der Waals surface area contributed by atoms with Crippen LogP contribution in [0.1, 0.15) is 70.9 Å². The fourth-order valence-corrected chi connectivity index (χ4v) is 2.25. The minimum atomic E-state index is -0.0342. The lowest BCUT2D eigenvalue weighted by molar-refractivity contribution is 0.411. The van der Waals surface area contributed by atoms with Crippen molar-refractivity contribution in [1.29, 1.82) is 0 Å². The molecule has 1 atom stereocenters. The summed E-state index contributed by atoms with van der Waals surface area (Å²) in [7, 11) is 0. The maximum absolute atomic E-state index is 14.6. The van der Waals surface area contributed by atoms with Crippen LogP contribution < -0.4 is 0 Å². The fraction of sp³-hybridized carbons (Fsp3) is 0.625. The summed E-state index contributed by atoms with van der Waals surface area (Å²) >= 11 is 0. The number of rotatable bonds is 5. The van der Waals surface area contributed by atoms with E-state index >= 15 is 0 Å². The average Bonchev–Trinajstić information content (AvgIpc) is 2.37. The van der Waals surface area contributed by atoms with Crippen LogP contribution in [0.2, 0.25) is 0 Å². The second kappa shape index (κ2) is 5.66. The van der Waals surface area contributed by atoms with Crippen molar-refractivity contribution >= 4 is 0 Å². The van der Waals surface area contributed by atoms with Gasteiger partial charge in [-0.15, -0.1) is 0 Å². The molecule has 0 radical (unpaired) electrons. The highest BCUT2D eigenvalue weighted by Gasteiger charge is 2.27. The highest BCUT2D eigenvalue weighted by atomic mass is 19.1. The molecular weight excluding hydrogens is 211 g/mol. The van der Waals surface area contributed by atoms with E-state index in [1.807, 2.05) is 18.2 Å². The second-order valence-corrected chi connectivity index (χ2v) is 5.29. The lowest BCUT2D eigenvalue weighted by Crippen LogP contribution is -2.22. The summed E-state index contributed by atoms with van der Waals surface area (Å²) in [6.45, 7) is 10.6. The van der Waals surface area contributed by atoms with Crippen molar-refractivity contribution in [3.63, 3.8) is 0 Å². The molecule has 0 aliphatic carbocycles. The summed E-state index contributed by atoms with van der Waals surface area (Å²) < 4.78 is 14.6. The van der Waals surface area contributed by atoms with Crippen LogP contribution in [0.5, 0.6) is 0 Å². The molecule has 1 unspecified atom stereocenters. The third kappa shape index (κ3) is 2.70. The van der Waals surface area contributed by atoms with Crippen LogP contribution in [0.3, 0.4) is 0 Å². The zero-order valence-electron chi connectivity index (χ0n) is 11.8. The molecule has 96 valence electrons. The van der Waals surface area contributed by atoms with E-state index < -0.39 is 0 Å². The molecule has 0 spiro atoms. The molecule has 1 rings (SSSR count). The lowest BCUT2D eigenvalue weighted by atomic mass is 9.76. The van der Waals surface area contributed by atoms with Gasteiger partial charge in [0.2, 0.25) is 0 Å². The average molecular weight is 236 g/mol. The first-order valence-electron chi connectivity index (χ1n) is 6.79. The van der Waals surface area contributed by atoms with Crippen molar-refractivity contribution in [1.82, 2.24) is 0 Å². The van der Waals surface area contributed by atoms with E-state index in [0.29, 0.717) is 5.92 Å². The number of hydrogen-bond acceptors (Lipinski definition) is 0. The largest absolute Gasteiger partial charge is 0.206 e. The Balaban J connectivity index is 3.27. The van der Waals surface area contributed by atoms with E-state index in [0.717, 1.165) is 30.4 Å². The third-order valence-corrected chi connectivity index (χ3v) is 4.38. The van der Waals surface area contributed by atoms with Crippen LogP contribution in [0, 0.1) is 5.82 Å². The summed E-state index contributed by atoms with van der Waals surface area (Å²) in [6.07, 6.45) is 2.93. The van der Waals surface area contributed by atoms with Crippen molar-refractivity contribution in [2.45, 2.75) is 65.2 Å². The van der Waals surface area contributed by atoms with Crippen LogP contribution in [0.25, 0.3) is 0 Å². The van der Waals surface area contributed by atoms with Gasteiger partial charge in [-0.25, -0.2) is 4.39 Å². The molecule has 0 saturated heterocycles. The molecule has 0 amide bonds. The first-order valence-corrected chi connectivity index (χ1v) is 6.79. The molecule has 0 N–H and O–H groups in total. The quantitative estimate of drug-likeness (QED) is 0.640. The molecule has 0 fully saturated rings. The van der Waals surface area contributed by atoms with E-state index in [-0.39, 0.29) is 11.2 Å². The Hall–Kier alpha value is -0.850. The molecule has 0 heterocycles. The lowest BCUT2D eigenvalue weighted by Gasteiger charge is -2.29. The molecule has 1 aromatic carbocycles. The zero-order chi connectivity index (χ0) is 13.1. The summed E-state index contributed by atoms with van der Waals surface area (Å²) in [4.78, 5) is 0. The van der Waals surface area contributed by atoms with Crippen LogP contribution in [-0.4, -0.2) is 0 Å². The summed E-state index contributed by atoms with van der Waals surface area (Å²) in [5.41, 5.74) is 1.73. The van der Waals surface area contributed by atoms with Gasteiger partial charge in [-0.3, -0.25) is 0 Å². The number of benzene rings is 1. The van der Waals surface area contributed by atoms with E-state index in [9.17, 15) is 4.39 Å². The van der Waals surface area contributed by atoms with Crippen LogP contribution in [0.4, 0.5) is 4.39 Å². The van der Waals surface area contributed by atoms with Gasteiger partial charge in [-0.2, -0.15) is 0 Å². The van der Waals surface area contributed by atoms with E-state index in [1.54, 1.807) is 0 Å². The van der Waals surface area contributed by atoms with Crippen molar-refractivity contribution in [3.05, 3.63) is 35.1 Å². The van der Waals surface area contributed by atoms with Crippen LogP contribution >= 0.6 is 0 Å². The fourth-order valence-electron chi connectivity index (χ4n) is 2.25. The maximum Gasteiger partial charge on any atom is 0.130 e. The van der Waals surface area contributed by atoms with Crippen molar-refractivity contribution in [3.8, 4) is 0 Å². The van der Waals surface area contributed by atoms with Gasteiger partial charge in [0.05, 0.1) is 0 Å². The summed E-state index contributed by atoms with van der Waals surface area (Å²) in [6, 6.07) is 5.89. The molecule has 0 saturated carbocycles. The third-order valence-electron chi connectivity index (χ3n) is 4.38. The summed E-state index contributed by atoms with van der Waals surface area (Å²) in [5, 5.41) is 0. The Morgan fingerprint density at radius 2 is 1.76 bits per heavy atom. The monoisotopic (exact) mass is 236 g/mol. The Labute approximate surface area is 105 Å².